The number of H-pyrrole nitrogens is 1. The first kappa shape index (κ1) is 14.6. The number of carbonyl (C=O) groups is 2. The normalized spacial score (nSPS) is 18.3. The summed E-state index contributed by atoms with van der Waals surface area (Å²) in [5, 5.41) is 9.45. The molecule has 0 aliphatic carbocycles. The van der Waals surface area contributed by atoms with E-state index in [2.05, 4.69) is 9.97 Å². The fourth-order valence-corrected chi connectivity index (χ4v) is 3.05. The molecule has 3 heterocycles. The number of aromatic nitrogens is 2. The molecule has 24 heavy (non-hydrogen) atoms. The molecular weight excluding hydrogens is 314 g/mol. The van der Waals surface area contributed by atoms with Crippen molar-refractivity contribution < 1.29 is 24.2 Å². The lowest BCUT2D eigenvalue weighted by molar-refractivity contribution is -0.151. The van der Waals surface area contributed by atoms with Gasteiger partial charge in [0.05, 0.1) is 30.7 Å². The third-order valence-corrected chi connectivity index (χ3v) is 4.30. The molecule has 0 spiro atoms. The van der Waals surface area contributed by atoms with E-state index in [0.29, 0.717) is 17.2 Å². The van der Waals surface area contributed by atoms with Crippen molar-refractivity contribution in [3.63, 3.8) is 0 Å². The zero-order valence-electron chi connectivity index (χ0n) is 12.7. The van der Waals surface area contributed by atoms with Gasteiger partial charge in [-0.1, -0.05) is 6.07 Å². The number of carbonyl (C=O) groups excluding carboxylic acids is 1. The molecular formula is C16H15N3O5. The minimum absolute atomic E-state index is 0.101. The summed E-state index contributed by atoms with van der Waals surface area (Å²) >= 11 is 0. The highest BCUT2D eigenvalue weighted by Gasteiger charge is 2.35. The fourth-order valence-electron chi connectivity index (χ4n) is 3.05. The molecule has 4 rings (SSSR count). The number of nitrogens with zero attached hydrogens (tertiary/aromatic N) is 2. The Balaban J connectivity index is 1.55. The van der Waals surface area contributed by atoms with Gasteiger partial charge in [-0.25, -0.2) is 9.78 Å². The van der Waals surface area contributed by atoms with Gasteiger partial charge in [-0.15, -0.1) is 0 Å². The van der Waals surface area contributed by atoms with Crippen molar-refractivity contribution >= 4 is 11.9 Å². The maximum Gasteiger partial charge on any atom is 0.326 e. The molecule has 8 nitrogen and oxygen atoms in total. The first-order valence-corrected chi connectivity index (χ1v) is 7.54. The van der Waals surface area contributed by atoms with Crippen molar-refractivity contribution in [2.75, 3.05) is 6.79 Å². The molecule has 1 atom stereocenters. The molecule has 0 bridgehead atoms. The predicted octanol–water partition coefficient (Wildman–Crippen LogP) is 0.719. The number of carboxylic acids is 1. The molecule has 2 aliphatic rings. The van der Waals surface area contributed by atoms with Crippen molar-refractivity contribution in [2.24, 2.45) is 0 Å². The third kappa shape index (κ3) is 2.45. The Bertz CT molecular complexity index is 816. The molecule has 0 fully saturated rings. The standard InChI is InChI=1S/C16H15N3O5/c20-15(4-9-1-2-13-14(3-9)24-8-23-13)19-6-11-10(17-7-18-11)5-12(19)16(21)22/h1-3,7,12H,4-6,8H2,(H,17,18)(H,21,22). The number of aliphatic carboxylic acids is 1. The van der Waals surface area contributed by atoms with Crippen LogP contribution in [0, 0.1) is 0 Å². The lowest BCUT2D eigenvalue weighted by atomic mass is 10.0. The summed E-state index contributed by atoms with van der Waals surface area (Å²) in [7, 11) is 0. The monoisotopic (exact) mass is 329 g/mol. The van der Waals surface area contributed by atoms with Gasteiger partial charge in [0.25, 0.3) is 0 Å². The number of benzene rings is 1. The van der Waals surface area contributed by atoms with Crippen LogP contribution in [0.5, 0.6) is 11.5 Å². The number of rotatable bonds is 3. The largest absolute Gasteiger partial charge is 0.480 e. The summed E-state index contributed by atoms with van der Waals surface area (Å²) in [4.78, 5) is 32.7. The number of ether oxygens (including phenoxy) is 2. The molecule has 1 unspecified atom stereocenters. The highest BCUT2D eigenvalue weighted by Crippen LogP contribution is 2.33. The quantitative estimate of drug-likeness (QED) is 0.860. The Morgan fingerprint density at radius 2 is 2.17 bits per heavy atom. The van der Waals surface area contributed by atoms with Gasteiger partial charge in [0.15, 0.2) is 11.5 Å². The van der Waals surface area contributed by atoms with Gasteiger partial charge in [0, 0.05) is 6.42 Å². The van der Waals surface area contributed by atoms with Crippen LogP contribution in [0.3, 0.4) is 0 Å². The molecule has 2 aliphatic heterocycles. The molecule has 0 radical (unpaired) electrons. The third-order valence-electron chi connectivity index (χ3n) is 4.30. The Morgan fingerprint density at radius 1 is 1.33 bits per heavy atom. The van der Waals surface area contributed by atoms with Gasteiger partial charge in [-0.05, 0) is 17.7 Å². The van der Waals surface area contributed by atoms with Crippen LogP contribution in [0.4, 0.5) is 0 Å². The molecule has 0 saturated carbocycles. The minimum Gasteiger partial charge on any atom is -0.480 e. The van der Waals surface area contributed by atoms with Crippen LogP contribution < -0.4 is 9.47 Å². The number of aromatic amines is 1. The number of imidazole rings is 1. The molecule has 124 valence electrons. The topological polar surface area (TPSA) is 105 Å². The second kappa shape index (κ2) is 5.55. The van der Waals surface area contributed by atoms with E-state index in [1.54, 1.807) is 18.2 Å². The van der Waals surface area contributed by atoms with Crippen molar-refractivity contribution in [2.45, 2.75) is 25.4 Å². The summed E-state index contributed by atoms with van der Waals surface area (Å²) < 4.78 is 10.6. The van der Waals surface area contributed by atoms with Gasteiger partial charge < -0.3 is 24.5 Å². The van der Waals surface area contributed by atoms with Gasteiger partial charge in [-0.3, -0.25) is 4.79 Å². The van der Waals surface area contributed by atoms with E-state index >= 15 is 0 Å². The lowest BCUT2D eigenvalue weighted by Crippen LogP contribution is -2.49. The molecule has 2 aromatic rings. The van der Waals surface area contributed by atoms with Crippen molar-refractivity contribution in [3.8, 4) is 11.5 Å². The Kier molecular flexibility index (Phi) is 3.37. The van der Waals surface area contributed by atoms with E-state index in [1.807, 2.05) is 0 Å². The number of fused-ring (bicyclic) bond motifs is 2. The highest BCUT2D eigenvalue weighted by molar-refractivity contribution is 5.85. The van der Waals surface area contributed by atoms with Gasteiger partial charge in [0.2, 0.25) is 12.7 Å². The van der Waals surface area contributed by atoms with Crippen LogP contribution in [0.1, 0.15) is 17.0 Å². The van der Waals surface area contributed by atoms with Crippen molar-refractivity contribution in [1.29, 1.82) is 0 Å². The summed E-state index contributed by atoms with van der Waals surface area (Å²) in [6.07, 6.45) is 1.83. The van der Waals surface area contributed by atoms with Crippen LogP contribution >= 0.6 is 0 Å². The summed E-state index contributed by atoms with van der Waals surface area (Å²) in [5.74, 6) is -0.0246. The van der Waals surface area contributed by atoms with E-state index in [-0.39, 0.29) is 32.1 Å². The zero-order chi connectivity index (χ0) is 16.7. The molecule has 1 aromatic heterocycles. The molecule has 1 amide bonds. The summed E-state index contributed by atoms with van der Waals surface area (Å²) in [6, 6.07) is 4.39. The van der Waals surface area contributed by atoms with Crippen molar-refractivity contribution in [1.82, 2.24) is 14.9 Å². The lowest BCUT2D eigenvalue weighted by Gasteiger charge is -2.32. The van der Waals surface area contributed by atoms with Crippen LogP contribution in [0.25, 0.3) is 0 Å². The molecule has 0 saturated heterocycles. The van der Waals surface area contributed by atoms with Crippen molar-refractivity contribution in [3.05, 3.63) is 41.5 Å². The van der Waals surface area contributed by atoms with E-state index < -0.39 is 12.0 Å². The van der Waals surface area contributed by atoms with Crippen LogP contribution in [-0.2, 0) is 29.0 Å². The van der Waals surface area contributed by atoms with E-state index in [0.717, 1.165) is 11.3 Å². The molecule has 8 heteroatoms. The second-order valence-electron chi connectivity index (χ2n) is 5.77. The first-order valence-electron chi connectivity index (χ1n) is 7.54. The number of hydrogen-bond acceptors (Lipinski definition) is 5. The molecule has 2 N–H and O–H groups in total. The number of amides is 1. The molecule has 1 aromatic carbocycles. The zero-order valence-corrected chi connectivity index (χ0v) is 12.7. The fraction of sp³-hybridized carbons (Fsp3) is 0.312. The second-order valence-corrected chi connectivity index (χ2v) is 5.77. The smallest absolute Gasteiger partial charge is 0.326 e. The van der Waals surface area contributed by atoms with Gasteiger partial charge in [-0.2, -0.15) is 0 Å². The van der Waals surface area contributed by atoms with Crippen LogP contribution in [0.2, 0.25) is 0 Å². The Labute approximate surface area is 137 Å². The van der Waals surface area contributed by atoms with E-state index in [1.165, 1.54) is 11.2 Å². The number of carboxylic acid groups (broad SMARTS) is 1. The number of hydrogen-bond donors (Lipinski definition) is 2. The maximum absolute atomic E-state index is 12.7. The van der Waals surface area contributed by atoms with Gasteiger partial charge in [0.1, 0.15) is 6.04 Å². The van der Waals surface area contributed by atoms with Crippen LogP contribution in [0.15, 0.2) is 24.5 Å². The average Bonchev–Trinajstić information content (AvgIpc) is 3.21. The SMILES string of the molecule is O=C(O)C1Cc2nc[nH]c2CN1C(=O)Cc1ccc2c(c1)OCO2. The highest BCUT2D eigenvalue weighted by atomic mass is 16.7. The maximum atomic E-state index is 12.7. The van der Waals surface area contributed by atoms with E-state index in [9.17, 15) is 14.7 Å². The Morgan fingerprint density at radius 3 is 3.00 bits per heavy atom. The minimum atomic E-state index is -1.03. The van der Waals surface area contributed by atoms with Crippen LogP contribution in [-0.4, -0.2) is 44.7 Å². The average molecular weight is 329 g/mol. The summed E-state index contributed by atoms with van der Waals surface area (Å²) in [6.45, 7) is 0.387. The summed E-state index contributed by atoms with van der Waals surface area (Å²) in [5.41, 5.74) is 2.24. The number of nitrogens with one attached hydrogen (secondary N) is 1. The Hall–Kier alpha value is -3.03. The van der Waals surface area contributed by atoms with Gasteiger partial charge >= 0.3 is 5.97 Å². The predicted molar refractivity (Wildman–Crippen MR) is 80.5 cm³/mol. The van der Waals surface area contributed by atoms with E-state index in [4.69, 9.17) is 9.47 Å². The first-order chi connectivity index (χ1) is 11.6.